The average molecular weight is 925 g/mol. The molecule has 0 N–H and O–H groups in total. The fourth-order valence-corrected chi connectivity index (χ4v) is 28.5. The summed E-state index contributed by atoms with van der Waals surface area (Å²) in [5.41, 5.74) is 19.0. The summed E-state index contributed by atoms with van der Waals surface area (Å²) >= 11 is -5.40. The van der Waals surface area contributed by atoms with E-state index in [0.29, 0.717) is 0 Å². The fraction of sp³-hybridized carbons (Fsp3) is 0.293. The van der Waals surface area contributed by atoms with Gasteiger partial charge in [-0.2, -0.15) is 0 Å². The second-order valence-corrected chi connectivity index (χ2v) is 33.8. The minimum absolute atomic E-state index is 0. The van der Waals surface area contributed by atoms with Crippen LogP contribution in [-0.4, -0.2) is 4.21 Å². The van der Waals surface area contributed by atoms with Crippen LogP contribution in [0.25, 0.3) is 33.4 Å². The zero-order valence-electron chi connectivity index (χ0n) is 38.6. The number of allylic oxidation sites excluding steroid dienone is 4. The van der Waals surface area contributed by atoms with Gasteiger partial charge in [0.1, 0.15) is 0 Å². The quantitative estimate of drug-likeness (QED) is 0.156. The first-order valence-corrected chi connectivity index (χ1v) is 28.5. The molecule has 0 heterocycles. The molecule has 0 aliphatic heterocycles. The van der Waals surface area contributed by atoms with Crippen molar-refractivity contribution in [2.45, 2.75) is 107 Å². The van der Waals surface area contributed by atoms with E-state index in [9.17, 15) is 0 Å². The van der Waals surface area contributed by atoms with Crippen molar-refractivity contribution in [2.75, 3.05) is 0 Å². The Kier molecular flexibility index (Phi) is 12.5. The summed E-state index contributed by atoms with van der Waals surface area (Å²) in [6, 6.07) is 49.6. The molecule has 61 heavy (non-hydrogen) atoms. The summed E-state index contributed by atoms with van der Waals surface area (Å²) in [5.74, 6) is 0. The number of hydrogen-bond donors (Lipinski definition) is 0. The van der Waals surface area contributed by atoms with Crippen molar-refractivity contribution in [3.05, 3.63) is 181 Å². The van der Waals surface area contributed by atoms with Gasteiger partial charge < -0.3 is 0 Å². The molecule has 6 aromatic rings. The van der Waals surface area contributed by atoms with E-state index in [1.54, 1.807) is 3.28 Å². The van der Waals surface area contributed by atoms with Gasteiger partial charge >= 0.3 is 359 Å². The molecule has 0 saturated heterocycles. The van der Waals surface area contributed by atoms with Crippen LogP contribution in [0.3, 0.4) is 0 Å². The van der Waals surface area contributed by atoms with Gasteiger partial charge in [-0.3, -0.25) is 0 Å². The van der Waals surface area contributed by atoms with Gasteiger partial charge in [-0.05, 0) is 0 Å². The maximum absolute atomic E-state index is 6.14. The van der Waals surface area contributed by atoms with Crippen molar-refractivity contribution in [1.82, 2.24) is 0 Å². The van der Waals surface area contributed by atoms with Crippen LogP contribution in [-0.2, 0) is 35.5 Å². The van der Waals surface area contributed by atoms with Crippen molar-refractivity contribution in [1.29, 1.82) is 0 Å². The van der Waals surface area contributed by atoms with Crippen molar-refractivity contribution in [2.24, 2.45) is 5.41 Å². The number of fused-ring (bicyclic) bond motifs is 3. The Morgan fingerprint density at radius 2 is 0.984 bits per heavy atom. The molecule has 8 rings (SSSR count). The first-order chi connectivity index (χ1) is 27.7. The summed E-state index contributed by atoms with van der Waals surface area (Å²) in [6.07, 6.45) is 4.32. The minimum atomic E-state index is -5.40. The van der Waals surface area contributed by atoms with Crippen LogP contribution in [0.2, 0.25) is 0 Å². The number of benzene rings is 6. The van der Waals surface area contributed by atoms with Crippen LogP contribution in [0.1, 0.15) is 109 Å². The summed E-state index contributed by atoms with van der Waals surface area (Å²) in [7, 11) is 0. The van der Waals surface area contributed by atoms with Gasteiger partial charge in [0, 0.05) is 0 Å². The molecule has 0 bridgehead atoms. The van der Waals surface area contributed by atoms with Gasteiger partial charge in [-0.1, -0.05) is 0 Å². The Bertz CT molecular complexity index is 2690. The van der Waals surface area contributed by atoms with Gasteiger partial charge in [0.2, 0.25) is 0 Å². The second-order valence-electron chi connectivity index (χ2n) is 21.0. The van der Waals surface area contributed by atoms with Crippen molar-refractivity contribution in [3.8, 4) is 33.4 Å². The molecule has 0 spiro atoms. The van der Waals surface area contributed by atoms with Gasteiger partial charge in [0.25, 0.3) is 0 Å². The number of aryl methyl sites for hydroxylation is 2. The third-order valence-electron chi connectivity index (χ3n) is 13.8. The zero-order chi connectivity index (χ0) is 42.3. The van der Waals surface area contributed by atoms with Crippen LogP contribution in [0.5, 0.6) is 0 Å². The number of hydrogen-bond acceptors (Lipinski definition) is 0. The number of halogens is 2. The van der Waals surface area contributed by atoms with Gasteiger partial charge in [0.15, 0.2) is 0 Å². The van der Waals surface area contributed by atoms with E-state index in [-0.39, 0.29) is 41.1 Å². The molecule has 0 nitrogen and oxygen atoms in total. The summed E-state index contributed by atoms with van der Waals surface area (Å²) < 4.78 is 12.1. The second kappa shape index (κ2) is 16.4. The third-order valence-corrected chi connectivity index (χ3v) is 30.1. The maximum atomic E-state index is 6.14. The van der Waals surface area contributed by atoms with E-state index in [0.717, 1.165) is 12.8 Å². The summed E-state index contributed by atoms with van der Waals surface area (Å²) in [6.45, 7) is 28.5. The first-order valence-electron chi connectivity index (χ1n) is 21.8. The van der Waals surface area contributed by atoms with Crippen LogP contribution in [0.15, 0.2) is 148 Å². The SMILES string of the molecule is Cl.Cl.[CH2]=[Zr]([C]1=C(C(C)(C)C)C(C)=CC1)([c]1ccc(C)cc1)([c]1ccc(C)cc1)[c]1c2c(cc(C(C)(C)C)c1-c1ccccc1)-c1cc(C(C)(C)C)c(-c3ccccc3)cc1C2. The molecular formula is C58H66Cl2Zr. The van der Waals surface area contributed by atoms with Crippen molar-refractivity contribution < 1.29 is 18.3 Å². The molecule has 0 aromatic heterocycles. The molecule has 0 fully saturated rings. The molecule has 0 amide bonds. The third kappa shape index (κ3) is 7.60. The number of rotatable bonds is 6. The molecular weight excluding hydrogens is 859 g/mol. The molecule has 0 radical (unpaired) electrons. The van der Waals surface area contributed by atoms with Crippen LogP contribution < -0.4 is 9.81 Å². The summed E-state index contributed by atoms with van der Waals surface area (Å²) in [4.78, 5) is 0. The molecule has 0 atom stereocenters. The van der Waals surface area contributed by atoms with E-state index in [2.05, 4.69) is 217 Å². The van der Waals surface area contributed by atoms with E-state index in [1.807, 2.05) is 0 Å². The molecule has 0 saturated carbocycles. The molecule has 316 valence electrons. The van der Waals surface area contributed by atoms with Crippen LogP contribution >= 0.6 is 24.8 Å². The van der Waals surface area contributed by atoms with E-state index < -0.39 is 18.3 Å². The molecule has 6 aromatic carbocycles. The van der Waals surface area contributed by atoms with E-state index in [1.165, 1.54) is 87.7 Å². The normalized spacial score (nSPS) is 14.2. The monoisotopic (exact) mass is 922 g/mol. The topological polar surface area (TPSA) is 0 Å². The van der Waals surface area contributed by atoms with Gasteiger partial charge in [-0.15, -0.1) is 24.8 Å². The van der Waals surface area contributed by atoms with E-state index >= 15 is 0 Å². The Morgan fingerprint density at radius 1 is 0.508 bits per heavy atom. The summed E-state index contributed by atoms with van der Waals surface area (Å²) in [5, 5.41) is 0. The van der Waals surface area contributed by atoms with Crippen LogP contribution in [0, 0.1) is 19.3 Å². The Balaban J connectivity index is 0.00000311. The average Bonchev–Trinajstić information content (AvgIpc) is 3.77. The predicted octanol–water partition coefficient (Wildman–Crippen LogP) is 14.7. The molecule has 2 aliphatic carbocycles. The molecule has 0 unspecified atom stereocenters. The van der Waals surface area contributed by atoms with Crippen LogP contribution in [0.4, 0.5) is 0 Å². The predicted molar refractivity (Wildman–Crippen MR) is 271 cm³/mol. The first kappa shape index (κ1) is 46.6. The van der Waals surface area contributed by atoms with Gasteiger partial charge in [-0.25, -0.2) is 0 Å². The standard InChI is InChI=1S/C33H33.C10H15.2C7H7.CH2.2ClH.Zr/c1-32(2,3)30-20-26-24(18-28(30)22-13-9-7-10-14-22)17-25-19-29(23-15-11-8-12-16-23)31(21-27(25)26)33(4,5)6;1-8-6-5-7-9(8)10(2,3)4;2*1-7-5-3-2-4-6-7;;;;/h7-16,18,20-21H,17H2,1-6H3;6H,5H2,1-4H3;2*3-6H,1H3;1H2;2*1H;. The van der Waals surface area contributed by atoms with Crippen molar-refractivity contribution in [3.63, 3.8) is 0 Å². The Morgan fingerprint density at radius 3 is 1.46 bits per heavy atom. The fourth-order valence-electron chi connectivity index (χ4n) is 11.0. The van der Waals surface area contributed by atoms with Crippen molar-refractivity contribution >= 4 is 38.8 Å². The molecule has 2 aliphatic rings. The Labute approximate surface area is 381 Å². The van der Waals surface area contributed by atoms with E-state index in [4.69, 9.17) is 4.21 Å². The molecule has 3 heteroatoms. The Hall–Kier alpha value is -3.87. The van der Waals surface area contributed by atoms with Gasteiger partial charge in [0.05, 0.1) is 0 Å². The zero-order valence-corrected chi connectivity index (χ0v) is 42.7.